The molecular formula is H13Cl3F2Si2. The minimum atomic E-state index is 0. The molecule has 0 heterocycles. The molecule has 0 aromatic heterocycles. The van der Waals surface area contributed by atoms with Crippen molar-refractivity contribution in [3.05, 3.63) is 0 Å². The Hall–Kier alpha value is 1.16. The molecule has 0 amide bonds. The second-order valence-electron chi connectivity index (χ2n) is 0. The van der Waals surface area contributed by atoms with Gasteiger partial charge >= 0.3 is 0 Å². The molecule has 0 rings (SSSR count). The van der Waals surface area contributed by atoms with Crippen molar-refractivity contribution in [2.24, 2.45) is 0 Å². The van der Waals surface area contributed by atoms with Crippen LogP contribution in [0.5, 0.6) is 0 Å². The molecule has 7 heteroatoms. The first-order valence-corrected chi connectivity index (χ1v) is 0. The fourth-order valence-corrected chi connectivity index (χ4v) is 0. The van der Waals surface area contributed by atoms with Gasteiger partial charge in [0.25, 0.3) is 0 Å². The lowest BCUT2D eigenvalue weighted by Crippen LogP contribution is -0.382. The smallest absolute Gasteiger partial charge is 0.0149 e. The van der Waals surface area contributed by atoms with E-state index in [9.17, 15) is 0 Å². The third kappa shape index (κ3) is 141. The maximum absolute atomic E-state index is 0. The summed E-state index contributed by atoms with van der Waals surface area (Å²) in [5.41, 5.74) is 0. The third-order valence-electron chi connectivity index (χ3n) is 0. The Balaban J connectivity index is 0. The van der Waals surface area contributed by atoms with E-state index in [1.54, 1.807) is 0 Å². The number of halogens is 5. The molecule has 0 spiro atoms. The first-order valence-electron chi connectivity index (χ1n) is 0. The van der Waals surface area contributed by atoms with Crippen molar-refractivity contribution in [1.82, 2.24) is 0 Å². The normalized spacial score (nSPS) is 0. The fraction of sp³-hybridized carbons (Fsp3) is 0. The van der Waals surface area contributed by atoms with E-state index in [-0.39, 0.29) is 68.6 Å². The quantitative estimate of drug-likeness (QED) is 0.438. The van der Waals surface area contributed by atoms with Crippen LogP contribution in [0.2, 0.25) is 0 Å². The van der Waals surface area contributed by atoms with Gasteiger partial charge in [0.05, 0.1) is 0 Å². The van der Waals surface area contributed by atoms with Crippen molar-refractivity contribution < 1.29 is 9.41 Å². The van der Waals surface area contributed by atoms with Crippen LogP contribution in [-0.2, 0) is 0 Å². The Morgan fingerprint density at radius 1 is 0.429 bits per heavy atom. The van der Waals surface area contributed by atoms with Gasteiger partial charge in [-0.25, -0.2) is 0 Å². The molecule has 0 aromatic carbocycles. The Morgan fingerprint density at radius 3 is 0.429 bits per heavy atom. The van der Waals surface area contributed by atoms with Crippen molar-refractivity contribution in [2.45, 2.75) is 0 Å². The summed E-state index contributed by atoms with van der Waals surface area (Å²) in [4.78, 5) is 0. The Morgan fingerprint density at radius 2 is 0.429 bits per heavy atom. The van der Waals surface area contributed by atoms with Gasteiger partial charge in [-0.1, -0.05) is 0 Å². The predicted octanol–water partition coefficient (Wildman–Crippen LogP) is -1.33. The zero-order valence-corrected chi connectivity index (χ0v) is 4.49. The monoisotopic (exact) mass is 212 g/mol. The van der Waals surface area contributed by atoms with Crippen LogP contribution in [0.3, 0.4) is 0 Å². The molecule has 56 valence electrons. The summed E-state index contributed by atoms with van der Waals surface area (Å²) in [5, 5.41) is 0. The lowest BCUT2D eigenvalue weighted by atomic mass is 19.0. The highest BCUT2D eigenvalue weighted by Gasteiger charge is -0.0138. The zero-order chi connectivity index (χ0) is 0. The summed E-state index contributed by atoms with van der Waals surface area (Å²) in [6.45, 7) is 0. The second kappa shape index (κ2) is 201. The lowest BCUT2D eigenvalue weighted by molar-refractivity contribution is 1.11. The molecule has 0 N–H and O–H groups in total. The molecule has 0 bridgehead atoms. The van der Waals surface area contributed by atoms with E-state index < -0.39 is 0 Å². The molecule has 0 fully saturated rings. The topological polar surface area (TPSA) is 0 Å². The predicted molar refractivity (Wildman–Crippen MR) is 49.4 cm³/mol. The minimum Gasteiger partial charge on any atom is -0.269 e. The maximum Gasteiger partial charge on any atom is -0.0149 e. The summed E-state index contributed by atoms with van der Waals surface area (Å²) in [6.07, 6.45) is 0. The molecule has 0 aliphatic carbocycles. The molecular weight excluding hydrogens is 201 g/mol. The lowest BCUT2D eigenvalue weighted by Gasteiger charge is -0.270. The van der Waals surface area contributed by atoms with E-state index in [2.05, 4.69) is 0 Å². The van der Waals surface area contributed by atoms with E-state index in [0.717, 1.165) is 0 Å². The highest BCUT2D eigenvalue weighted by atomic mass is 35.5. The van der Waals surface area contributed by atoms with E-state index in [1.165, 1.54) is 0 Å². The van der Waals surface area contributed by atoms with Gasteiger partial charge in [0.1, 0.15) is 0 Å². The molecule has 0 unspecified atom stereocenters. The van der Waals surface area contributed by atoms with Gasteiger partial charge in [-0.2, -0.15) is 0 Å². The van der Waals surface area contributed by atoms with Crippen molar-refractivity contribution in [2.75, 3.05) is 0 Å². The van der Waals surface area contributed by atoms with Gasteiger partial charge < -0.3 is 0 Å². The average Bonchev–Trinajstić information content (AvgIpc) is 0. The summed E-state index contributed by atoms with van der Waals surface area (Å²) in [6, 6.07) is 0. The van der Waals surface area contributed by atoms with Crippen LogP contribution in [0.15, 0.2) is 0 Å². The Kier molecular flexibility index (Phi) is 8880. The number of rotatable bonds is 0. The largest absolute Gasteiger partial charge is 0.269 e. The minimum absolute atomic E-state index is 0. The van der Waals surface area contributed by atoms with Gasteiger partial charge in [-0.3, -0.25) is 9.41 Å². The van der Waals surface area contributed by atoms with Crippen LogP contribution in [0.1, 0.15) is 0 Å². The second-order valence-corrected chi connectivity index (χ2v) is 0. The van der Waals surface area contributed by atoms with Crippen LogP contribution >= 0.6 is 37.2 Å². The highest BCUT2D eigenvalue weighted by molar-refractivity contribution is 5.86. The first-order chi connectivity index (χ1) is 0. The third-order valence-corrected chi connectivity index (χ3v) is 0. The molecule has 0 radical (unpaired) electrons. The first kappa shape index (κ1) is 309. The molecule has 0 aliphatic heterocycles. The highest BCUT2D eigenvalue weighted by Crippen LogP contribution is 0.692. The summed E-state index contributed by atoms with van der Waals surface area (Å²) < 4.78 is 0. The van der Waals surface area contributed by atoms with E-state index in [4.69, 9.17) is 0 Å². The van der Waals surface area contributed by atoms with Gasteiger partial charge in [0, 0.05) is 0 Å². The van der Waals surface area contributed by atoms with Crippen LogP contribution in [0.25, 0.3) is 0 Å². The summed E-state index contributed by atoms with van der Waals surface area (Å²) in [5.74, 6) is 0. The zero-order valence-electron chi connectivity index (χ0n) is 2.04. The molecule has 7 heavy (non-hydrogen) atoms. The fourth-order valence-electron chi connectivity index (χ4n) is 0. The standard InChI is InChI=1S/3ClH.2FH.2H4Si/h5*1H;2*1H4. The van der Waals surface area contributed by atoms with Crippen LogP contribution < -0.4 is 0 Å². The van der Waals surface area contributed by atoms with Gasteiger partial charge in [-0.05, 0) is 21.9 Å². The molecule has 0 saturated carbocycles. The van der Waals surface area contributed by atoms with E-state index in [0.29, 0.717) is 0 Å². The maximum atomic E-state index is 0. The molecule has 0 aromatic rings. The Labute approximate surface area is 68.8 Å². The molecule has 0 atom stereocenters. The molecule has 0 saturated heterocycles. The average molecular weight is 214 g/mol. The van der Waals surface area contributed by atoms with Crippen molar-refractivity contribution in [1.29, 1.82) is 0 Å². The van der Waals surface area contributed by atoms with Gasteiger partial charge in [-0.15, -0.1) is 37.2 Å². The van der Waals surface area contributed by atoms with Gasteiger partial charge in [0.15, 0.2) is 0 Å². The Bertz CT molecular complexity index is 10.9. The van der Waals surface area contributed by atoms with Crippen molar-refractivity contribution in [3.8, 4) is 0 Å². The van der Waals surface area contributed by atoms with Crippen LogP contribution in [-0.4, -0.2) is 21.9 Å². The van der Waals surface area contributed by atoms with E-state index >= 15 is 0 Å². The molecule has 0 aliphatic rings. The van der Waals surface area contributed by atoms with Crippen LogP contribution in [0.4, 0.5) is 9.41 Å². The number of hydrogen-bond acceptors (Lipinski definition) is 0. The van der Waals surface area contributed by atoms with Crippen LogP contribution in [0, 0.1) is 0 Å². The number of hydrogen-bond donors (Lipinski definition) is 0. The summed E-state index contributed by atoms with van der Waals surface area (Å²) in [7, 11) is 0. The van der Waals surface area contributed by atoms with Crippen molar-refractivity contribution in [3.63, 3.8) is 0 Å². The van der Waals surface area contributed by atoms with Crippen molar-refractivity contribution >= 4 is 59.2 Å². The molecule has 0 nitrogen and oxygen atoms in total. The van der Waals surface area contributed by atoms with Gasteiger partial charge in [0.2, 0.25) is 0 Å². The van der Waals surface area contributed by atoms with E-state index in [1.807, 2.05) is 0 Å². The summed E-state index contributed by atoms with van der Waals surface area (Å²) >= 11 is 0. The SMILES string of the molecule is Cl.Cl.Cl.F.F.[SiH4].[SiH4].